The number of aryl methyl sites for hydroxylation is 2. The Balaban J connectivity index is 1.65. The van der Waals surface area contributed by atoms with Crippen LogP contribution >= 0.6 is 11.6 Å². The second-order valence-corrected chi connectivity index (χ2v) is 8.52. The highest BCUT2D eigenvalue weighted by Gasteiger charge is 2.18. The average Bonchev–Trinajstić information content (AvgIpc) is 3.19. The molecule has 0 spiro atoms. The second kappa shape index (κ2) is 10.6. The van der Waals surface area contributed by atoms with E-state index < -0.39 is 0 Å². The molecule has 2 heterocycles. The summed E-state index contributed by atoms with van der Waals surface area (Å²) in [6.45, 7) is 4.72. The van der Waals surface area contributed by atoms with Crippen molar-refractivity contribution in [1.82, 2.24) is 14.5 Å². The van der Waals surface area contributed by atoms with Crippen molar-refractivity contribution in [2.75, 3.05) is 17.7 Å². The molecule has 0 aliphatic carbocycles. The van der Waals surface area contributed by atoms with E-state index in [1.54, 1.807) is 37.6 Å². The van der Waals surface area contributed by atoms with Crippen LogP contribution in [-0.4, -0.2) is 27.7 Å². The number of ether oxygens (including phenoxy) is 1. The first-order valence-corrected chi connectivity index (χ1v) is 11.7. The molecule has 0 aliphatic heterocycles. The van der Waals surface area contributed by atoms with Crippen molar-refractivity contribution in [3.8, 4) is 5.75 Å². The minimum atomic E-state index is -0.355. The molecule has 7 nitrogen and oxygen atoms in total. The first-order valence-electron chi connectivity index (χ1n) is 11.3. The van der Waals surface area contributed by atoms with Crippen LogP contribution in [0.4, 0.5) is 16.2 Å². The van der Waals surface area contributed by atoms with Gasteiger partial charge >= 0.3 is 6.03 Å². The lowest BCUT2D eigenvalue weighted by molar-refractivity contribution is 0.262. The molecule has 2 aromatic heterocycles. The summed E-state index contributed by atoms with van der Waals surface area (Å²) in [6, 6.07) is 14.6. The highest BCUT2D eigenvalue weighted by atomic mass is 35.5. The van der Waals surface area contributed by atoms with E-state index in [4.69, 9.17) is 26.3 Å². The quantitative estimate of drug-likeness (QED) is 0.306. The van der Waals surface area contributed by atoms with Gasteiger partial charge in [0.25, 0.3) is 0 Å². The third-order valence-corrected chi connectivity index (χ3v) is 5.97. The number of anilines is 2. The van der Waals surface area contributed by atoms with Crippen LogP contribution in [0.2, 0.25) is 5.02 Å². The molecule has 0 saturated heterocycles. The summed E-state index contributed by atoms with van der Waals surface area (Å²) in [5, 5.41) is 6.31. The average molecular weight is 478 g/mol. The predicted octanol–water partition coefficient (Wildman–Crippen LogP) is 6.44. The van der Waals surface area contributed by atoms with Crippen LogP contribution in [0.1, 0.15) is 36.7 Å². The number of unbranched alkanes of at least 4 members (excludes halogenated alkanes) is 1. The maximum atomic E-state index is 12.6. The number of nitrogens with zero attached hydrogens (tertiary/aromatic N) is 3. The largest absolute Gasteiger partial charge is 0.496 e. The van der Waals surface area contributed by atoms with Crippen LogP contribution < -0.4 is 15.4 Å². The van der Waals surface area contributed by atoms with Gasteiger partial charge in [0.05, 0.1) is 25.5 Å². The van der Waals surface area contributed by atoms with Crippen LogP contribution in [0.15, 0.2) is 54.7 Å². The third kappa shape index (κ3) is 5.15. The molecule has 0 fully saturated rings. The minimum Gasteiger partial charge on any atom is -0.496 e. The summed E-state index contributed by atoms with van der Waals surface area (Å²) < 4.78 is 7.70. The van der Waals surface area contributed by atoms with Gasteiger partial charge in [-0.3, -0.25) is 0 Å². The predicted molar refractivity (Wildman–Crippen MR) is 137 cm³/mol. The first-order chi connectivity index (χ1) is 16.5. The SMILES string of the molecule is CCCCc1nc2c(C)c(NC(=O)Nc3ccc(Cl)cc3)cnc2n1Cc1ccccc1OC. The molecule has 34 heavy (non-hydrogen) atoms. The summed E-state index contributed by atoms with van der Waals surface area (Å²) in [6.07, 6.45) is 4.63. The van der Waals surface area contributed by atoms with Crippen molar-refractivity contribution in [2.45, 2.75) is 39.7 Å². The van der Waals surface area contributed by atoms with Crippen molar-refractivity contribution in [2.24, 2.45) is 0 Å². The number of aromatic nitrogens is 3. The molecule has 0 atom stereocenters. The first kappa shape index (κ1) is 23.6. The van der Waals surface area contributed by atoms with Gasteiger partial charge in [0.15, 0.2) is 5.65 Å². The number of methoxy groups -OCH3 is 1. The fourth-order valence-electron chi connectivity index (χ4n) is 3.86. The van der Waals surface area contributed by atoms with E-state index >= 15 is 0 Å². The van der Waals surface area contributed by atoms with Crippen molar-refractivity contribution in [3.63, 3.8) is 0 Å². The van der Waals surface area contributed by atoms with Crippen LogP contribution in [0, 0.1) is 6.92 Å². The van der Waals surface area contributed by atoms with E-state index in [0.717, 1.165) is 53.1 Å². The molecule has 8 heteroatoms. The molecule has 2 aromatic carbocycles. The number of pyridine rings is 1. The summed E-state index contributed by atoms with van der Waals surface area (Å²) >= 11 is 5.92. The van der Waals surface area contributed by atoms with Gasteiger partial charge in [-0.15, -0.1) is 0 Å². The van der Waals surface area contributed by atoms with Gasteiger partial charge in [-0.05, 0) is 43.7 Å². The molecular weight excluding hydrogens is 450 g/mol. The number of halogens is 1. The lowest BCUT2D eigenvalue weighted by atomic mass is 10.2. The molecule has 4 rings (SSSR count). The zero-order valence-electron chi connectivity index (χ0n) is 19.6. The molecule has 0 bridgehead atoms. The Morgan fingerprint density at radius 1 is 1.12 bits per heavy atom. The molecule has 4 aromatic rings. The van der Waals surface area contributed by atoms with Gasteiger partial charge in [-0.25, -0.2) is 14.8 Å². The fraction of sp³-hybridized carbons (Fsp3) is 0.269. The highest BCUT2D eigenvalue weighted by molar-refractivity contribution is 6.30. The number of carbonyl (C=O) groups is 1. The van der Waals surface area contributed by atoms with Gasteiger partial charge in [0.2, 0.25) is 0 Å². The molecule has 2 amide bonds. The van der Waals surface area contributed by atoms with Gasteiger partial charge < -0.3 is 19.9 Å². The summed E-state index contributed by atoms with van der Waals surface area (Å²) in [4.78, 5) is 22.2. The number of amides is 2. The van der Waals surface area contributed by atoms with Crippen LogP contribution in [0.3, 0.4) is 0 Å². The number of benzene rings is 2. The molecule has 0 aliphatic rings. The number of fused-ring (bicyclic) bond motifs is 1. The van der Waals surface area contributed by atoms with Crippen LogP contribution in [-0.2, 0) is 13.0 Å². The number of urea groups is 1. The van der Waals surface area contributed by atoms with E-state index in [1.807, 2.05) is 25.1 Å². The number of hydrogen-bond donors (Lipinski definition) is 2. The number of para-hydroxylation sites is 1. The normalized spacial score (nSPS) is 10.9. The lowest BCUT2D eigenvalue weighted by Crippen LogP contribution is -2.20. The smallest absolute Gasteiger partial charge is 0.323 e. The summed E-state index contributed by atoms with van der Waals surface area (Å²) in [5.41, 5.74) is 4.77. The zero-order chi connectivity index (χ0) is 24.1. The molecular formula is C26H28ClN5O2. The van der Waals surface area contributed by atoms with E-state index in [2.05, 4.69) is 28.2 Å². The monoisotopic (exact) mass is 477 g/mol. The van der Waals surface area contributed by atoms with Gasteiger partial charge in [0.1, 0.15) is 17.1 Å². The Bertz CT molecular complexity index is 1300. The highest BCUT2D eigenvalue weighted by Crippen LogP contribution is 2.27. The van der Waals surface area contributed by atoms with Crippen LogP contribution in [0.5, 0.6) is 5.75 Å². The van der Waals surface area contributed by atoms with E-state index in [9.17, 15) is 4.79 Å². The second-order valence-electron chi connectivity index (χ2n) is 8.08. The van der Waals surface area contributed by atoms with Gasteiger partial charge in [-0.2, -0.15) is 0 Å². The Labute approximate surface area is 204 Å². The number of hydrogen-bond acceptors (Lipinski definition) is 4. The topological polar surface area (TPSA) is 81.1 Å². The van der Waals surface area contributed by atoms with Crippen molar-refractivity contribution >= 4 is 40.2 Å². The molecule has 0 radical (unpaired) electrons. The van der Waals surface area contributed by atoms with Gasteiger partial charge in [-0.1, -0.05) is 43.1 Å². The number of carbonyl (C=O) groups excluding carboxylic acids is 1. The lowest BCUT2D eigenvalue weighted by Gasteiger charge is -2.13. The number of nitrogens with one attached hydrogen (secondary N) is 2. The molecule has 0 saturated carbocycles. The number of rotatable bonds is 8. The Kier molecular flexibility index (Phi) is 7.33. The molecule has 176 valence electrons. The zero-order valence-corrected chi connectivity index (χ0v) is 20.3. The maximum Gasteiger partial charge on any atom is 0.323 e. The minimum absolute atomic E-state index is 0.355. The van der Waals surface area contributed by atoms with Crippen LogP contribution in [0.25, 0.3) is 11.2 Å². The Morgan fingerprint density at radius 2 is 1.88 bits per heavy atom. The Hall–Kier alpha value is -3.58. The molecule has 2 N–H and O–H groups in total. The fourth-order valence-corrected chi connectivity index (χ4v) is 3.99. The van der Waals surface area contributed by atoms with Gasteiger partial charge in [0, 0.05) is 28.3 Å². The molecule has 0 unspecified atom stereocenters. The third-order valence-electron chi connectivity index (χ3n) is 5.72. The van der Waals surface area contributed by atoms with Crippen molar-refractivity contribution in [3.05, 3.63) is 76.7 Å². The number of imidazole rings is 1. The standard InChI is InChI=1S/C26H28ClN5O2/c1-4-5-10-23-31-24-17(2)21(30-26(33)29-20-13-11-19(27)12-14-20)15-28-25(24)32(23)16-18-8-6-7-9-22(18)34-3/h6-9,11-15H,4-5,10,16H2,1-3H3,(H2,29,30,33). The summed E-state index contributed by atoms with van der Waals surface area (Å²) in [7, 11) is 1.68. The van der Waals surface area contributed by atoms with E-state index in [1.165, 1.54) is 0 Å². The van der Waals surface area contributed by atoms with Crippen molar-refractivity contribution < 1.29 is 9.53 Å². The Morgan fingerprint density at radius 3 is 2.62 bits per heavy atom. The van der Waals surface area contributed by atoms with E-state index in [-0.39, 0.29) is 6.03 Å². The van der Waals surface area contributed by atoms with Crippen molar-refractivity contribution in [1.29, 1.82) is 0 Å². The summed E-state index contributed by atoms with van der Waals surface area (Å²) in [5.74, 6) is 1.81. The maximum absolute atomic E-state index is 12.6. The van der Waals surface area contributed by atoms with E-state index in [0.29, 0.717) is 22.9 Å².